The SMILES string of the molecule is CNN(C)c1ccccc1.Cl. The molecule has 0 saturated heterocycles. The third kappa shape index (κ3) is 2.78. The number of anilines is 1. The van der Waals surface area contributed by atoms with E-state index < -0.39 is 0 Å². The number of hydrogen-bond donors (Lipinski definition) is 1. The Balaban J connectivity index is 0.000001000. The molecule has 0 bridgehead atoms. The van der Waals surface area contributed by atoms with Gasteiger partial charge in [0, 0.05) is 14.1 Å². The van der Waals surface area contributed by atoms with E-state index in [0.717, 1.165) is 0 Å². The van der Waals surface area contributed by atoms with E-state index in [-0.39, 0.29) is 12.4 Å². The molecule has 0 spiro atoms. The van der Waals surface area contributed by atoms with Gasteiger partial charge in [-0.1, -0.05) is 18.2 Å². The number of halogens is 1. The summed E-state index contributed by atoms with van der Waals surface area (Å²) in [6.07, 6.45) is 0. The molecule has 0 aromatic heterocycles. The highest BCUT2D eigenvalue weighted by Crippen LogP contribution is 2.07. The highest BCUT2D eigenvalue weighted by atomic mass is 35.5. The van der Waals surface area contributed by atoms with Crippen molar-refractivity contribution in [2.24, 2.45) is 0 Å². The summed E-state index contributed by atoms with van der Waals surface area (Å²) < 4.78 is 0. The van der Waals surface area contributed by atoms with Crippen LogP contribution in [0.25, 0.3) is 0 Å². The first-order valence-electron chi connectivity index (χ1n) is 3.31. The van der Waals surface area contributed by atoms with Gasteiger partial charge in [0.1, 0.15) is 0 Å². The van der Waals surface area contributed by atoms with Gasteiger partial charge in [0.2, 0.25) is 0 Å². The zero-order chi connectivity index (χ0) is 7.40. The summed E-state index contributed by atoms with van der Waals surface area (Å²) in [6.45, 7) is 0. The van der Waals surface area contributed by atoms with Crippen molar-refractivity contribution in [3.63, 3.8) is 0 Å². The number of hydrazine groups is 1. The van der Waals surface area contributed by atoms with Crippen molar-refractivity contribution in [1.29, 1.82) is 0 Å². The van der Waals surface area contributed by atoms with Crippen molar-refractivity contribution in [3.8, 4) is 0 Å². The molecule has 62 valence electrons. The molecule has 0 heterocycles. The van der Waals surface area contributed by atoms with Crippen LogP contribution in [0.5, 0.6) is 0 Å². The van der Waals surface area contributed by atoms with Crippen LogP contribution in [0.3, 0.4) is 0 Å². The number of nitrogens with zero attached hydrogens (tertiary/aromatic N) is 1. The van der Waals surface area contributed by atoms with Crippen LogP contribution in [-0.4, -0.2) is 14.1 Å². The fourth-order valence-electron chi connectivity index (χ4n) is 0.781. The van der Waals surface area contributed by atoms with Gasteiger partial charge in [-0.3, -0.25) is 0 Å². The Morgan fingerprint density at radius 3 is 2.18 bits per heavy atom. The number of benzene rings is 1. The van der Waals surface area contributed by atoms with E-state index >= 15 is 0 Å². The van der Waals surface area contributed by atoms with Crippen LogP contribution in [0.2, 0.25) is 0 Å². The molecule has 2 nitrogen and oxygen atoms in total. The maximum Gasteiger partial charge on any atom is 0.0516 e. The average Bonchev–Trinajstić information content (AvgIpc) is 2.05. The van der Waals surface area contributed by atoms with Crippen molar-refractivity contribution in [1.82, 2.24) is 5.43 Å². The van der Waals surface area contributed by atoms with E-state index in [4.69, 9.17) is 0 Å². The summed E-state index contributed by atoms with van der Waals surface area (Å²) in [6, 6.07) is 10.1. The largest absolute Gasteiger partial charge is 0.312 e. The second kappa shape index (κ2) is 4.99. The van der Waals surface area contributed by atoms with Gasteiger partial charge in [0.25, 0.3) is 0 Å². The van der Waals surface area contributed by atoms with E-state index in [2.05, 4.69) is 17.6 Å². The molecule has 1 aromatic carbocycles. The Bertz CT molecular complexity index is 189. The molecular formula is C8H13ClN2. The molecule has 0 fully saturated rings. The molecule has 0 atom stereocenters. The van der Waals surface area contributed by atoms with Gasteiger partial charge >= 0.3 is 0 Å². The summed E-state index contributed by atoms with van der Waals surface area (Å²) in [4.78, 5) is 0. The lowest BCUT2D eigenvalue weighted by Gasteiger charge is -2.16. The van der Waals surface area contributed by atoms with Crippen LogP contribution in [0.15, 0.2) is 30.3 Å². The molecule has 0 amide bonds. The lowest BCUT2D eigenvalue weighted by atomic mass is 10.3. The van der Waals surface area contributed by atoms with E-state index in [1.165, 1.54) is 5.69 Å². The number of nitrogens with one attached hydrogen (secondary N) is 1. The van der Waals surface area contributed by atoms with Crippen molar-refractivity contribution < 1.29 is 0 Å². The molecule has 0 aliphatic rings. The van der Waals surface area contributed by atoms with Crippen molar-refractivity contribution in [3.05, 3.63) is 30.3 Å². The quantitative estimate of drug-likeness (QED) is 0.683. The van der Waals surface area contributed by atoms with Gasteiger partial charge in [-0.05, 0) is 12.1 Å². The second-order valence-electron chi connectivity index (χ2n) is 2.12. The Kier molecular flexibility index (Phi) is 4.66. The Labute approximate surface area is 73.6 Å². The van der Waals surface area contributed by atoms with Crippen LogP contribution in [0, 0.1) is 0 Å². The maximum atomic E-state index is 3.01. The summed E-state index contributed by atoms with van der Waals surface area (Å²) in [5, 5.41) is 1.96. The third-order valence-corrected chi connectivity index (χ3v) is 1.48. The smallest absolute Gasteiger partial charge is 0.0516 e. The van der Waals surface area contributed by atoms with Gasteiger partial charge in [-0.2, -0.15) is 0 Å². The standard InChI is InChI=1S/C8H12N2.ClH/c1-9-10(2)8-6-4-3-5-7-8;/h3-7,9H,1-2H3;1H. The van der Waals surface area contributed by atoms with E-state index in [9.17, 15) is 0 Å². The first-order valence-corrected chi connectivity index (χ1v) is 3.31. The lowest BCUT2D eigenvalue weighted by molar-refractivity contribution is 0.791. The fraction of sp³-hybridized carbons (Fsp3) is 0.250. The normalized spacial score (nSPS) is 8.55. The van der Waals surface area contributed by atoms with Gasteiger partial charge in [0.05, 0.1) is 5.69 Å². The fourth-order valence-corrected chi connectivity index (χ4v) is 0.781. The number of hydrogen-bond acceptors (Lipinski definition) is 2. The highest BCUT2D eigenvalue weighted by Gasteiger charge is 1.92. The third-order valence-electron chi connectivity index (χ3n) is 1.48. The van der Waals surface area contributed by atoms with Crippen LogP contribution >= 0.6 is 12.4 Å². The van der Waals surface area contributed by atoms with Gasteiger partial charge < -0.3 is 5.01 Å². The molecule has 1 rings (SSSR count). The van der Waals surface area contributed by atoms with E-state index in [1.54, 1.807) is 0 Å². The first kappa shape index (κ1) is 10.3. The van der Waals surface area contributed by atoms with Gasteiger partial charge in [0.15, 0.2) is 0 Å². The highest BCUT2D eigenvalue weighted by molar-refractivity contribution is 5.85. The molecule has 3 heteroatoms. The minimum atomic E-state index is 0. The molecule has 1 aromatic rings. The van der Waals surface area contributed by atoms with Crippen molar-refractivity contribution in [2.75, 3.05) is 19.1 Å². The van der Waals surface area contributed by atoms with Crippen LogP contribution in [0.1, 0.15) is 0 Å². The van der Waals surface area contributed by atoms with E-state index in [1.807, 2.05) is 37.3 Å². The molecule has 0 aliphatic heterocycles. The minimum Gasteiger partial charge on any atom is -0.312 e. The molecule has 0 saturated carbocycles. The summed E-state index contributed by atoms with van der Waals surface area (Å²) in [5.41, 5.74) is 4.19. The Morgan fingerprint density at radius 2 is 1.73 bits per heavy atom. The van der Waals surface area contributed by atoms with Crippen molar-refractivity contribution in [2.45, 2.75) is 0 Å². The van der Waals surface area contributed by atoms with Crippen LogP contribution in [-0.2, 0) is 0 Å². The van der Waals surface area contributed by atoms with Gasteiger partial charge in [-0.25, -0.2) is 5.43 Å². The predicted octanol–water partition coefficient (Wildman–Crippen LogP) is 1.68. The van der Waals surface area contributed by atoms with E-state index in [0.29, 0.717) is 0 Å². The number of rotatable bonds is 2. The second-order valence-corrected chi connectivity index (χ2v) is 2.12. The zero-order valence-electron chi connectivity index (χ0n) is 6.74. The zero-order valence-corrected chi connectivity index (χ0v) is 7.56. The van der Waals surface area contributed by atoms with Crippen LogP contribution in [0.4, 0.5) is 5.69 Å². The van der Waals surface area contributed by atoms with Gasteiger partial charge in [-0.15, -0.1) is 12.4 Å². The topological polar surface area (TPSA) is 15.3 Å². The minimum absolute atomic E-state index is 0. The monoisotopic (exact) mass is 172 g/mol. The van der Waals surface area contributed by atoms with Crippen LogP contribution < -0.4 is 10.4 Å². The Hall–Kier alpha value is -0.730. The summed E-state index contributed by atoms with van der Waals surface area (Å²) in [5.74, 6) is 0. The lowest BCUT2D eigenvalue weighted by Crippen LogP contribution is -2.30. The maximum absolute atomic E-state index is 3.01. The Morgan fingerprint density at radius 1 is 1.18 bits per heavy atom. The average molecular weight is 173 g/mol. The molecule has 0 unspecified atom stereocenters. The molecule has 1 N–H and O–H groups in total. The molecular weight excluding hydrogens is 160 g/mol. The summed E-state index contributed by atoms with van der Waals surface area (Å²) in [7, 11) is 3.88. The predicted molar refractivity (Wildman–Crippen MR) is 51.2 cm³/mol. The first-order chi connectivity index (χ1) is 4.84. The number of para-hydroxylation sites is 1. The molecule has 0 radical (unpaired) electrons. The van der Waals surface area contributed by atoms with Crippen molar-refractivity contribution >= 4 is 18.1 Å². The summed E-state index contributed by atoms with van der Waals surface area (Å²) >= 11 is 0. The molecule has 0 aliphatic carbocycles. The molecule has 11 heavy (non-hydrogen) atoms.